The number of alkyl halides is 3. The highest BCUT2D eigenvalue weighted by molar-refractivity contribution is 5.85. The van der Waals surface area contributed by atoms with Crippen LogP contribution in [0, 0.1) is 0 Å². The third-order valence-electron chi connectivity index (χ3n) is 3.54. The number of hydrogen-bond donors (Lipinski definition) is 0. The molecule has 0 amide bonds. The third-order valence-corrected chi connectivity index (χ3v) is 3.54. The lowest BCUT2D eigenvalue weighted by Crippen LogP contribution is -2.16. The minimum atomic E-state index is -4.66. The van der Waals surface area contributed by atoms with E-state index in [1.807, 2.05) is 30.5 Å². The highest BCUT2D eigenvalue weighted by Crippen LogP contribution is 2.28. The van der Waals surface area contributed by atoms with E-state index in [4.69, 9.17) is 0 Å². The van der Waals surface area contributed by atoms with E-state index in [1.165, 1.54) is 12.1 Å². The summed E-state index contributed by atoms with van der Waals surface area (Å²) in [6.07, 6.45) is -2.64. The first-order valence-corrected chi connectivity index (χ1v) is 6.91. The minimum absolute atomic E-state index is 0.214. The van der Waals surface area contributed by atoms with Crippen molar-refractivity contribution in [2.24, 2.45) is 0 Å². The van der Waals surface area contributed by atoms with Crippen molar-refractivity contribution in [3.63, 3.8) is 0 Å². The molecule has 114 valence electrons. The van der Waals surface area contributed by atoms with E-state index in [2.05, 4.69) is 16.2 Å². The Hall–Kier alpha value is -2.43. The molecule has 0 aliphatic rings. The van der Waals surface area contributed by atoms with E-state index in [0.29, 0.717) is 0 Å². The van der Waals surface area contributed by atoms with E-state index in [1.54, 1.807) is 12.1 Å². The smallest absolute Gasteiger partial charge is 0.406 e. The molecule has 0 saturated heterocycles. The van der Waals surface area contributed by atoms with Crippen molar-refractivity contribution in [2.45, 2.75) is 19.8 Å². The van der Waals surface area contributed by atoms with Crippen LogP contribution in [0.3, 0.4) is 0 Å². The molecule has 22 heavy (non-hydrogen) atoms. The Kier molecular flexibility index (Phi) is 3.56. The first-order valence-electron chi connectivity index (χ1n) is 6.91. The molecule has 0 atom stereocenters. The molecule has 1 heterocycles. The Balaban J connectivity index is 1.93. The van der Waals surface area contributed by atoms with Gasteiger partial charge < -0.3 is 9.30 Å². The van der Waals surface area contributed by atoms with Gasteiger partial charge >= 0.3 is 6.36 Å². The fourth-order valence-corrected chi connectivity index (χ4v) is 2.49. The van der Waals surface area contributed by atoms with Gasteiger partial charge in [-0.2, -0.15) is 0 Å². The van der Waals surface area contributed by atoms with E-state index < -0.39 is 6.36 Å². The topological polar surface area (TPSA) is 14.2 Å². The Labute approximate surface area is 125 Å². The number of ether oxygens (including phenoxy) is 1. The van der Waals surface area contributed by atoms with Gasteiger partial charge in [0.15, 0.2) is 0 Å². The van der Waals surface area contributed by atoms with Crippen LogP contribution in [0.1, 0.15) is 6.92 Å². The number of benzene rings is 2. The van der Waals surface area contributed by atoms with Crippen LogP contribution in [0.5, 0.6) is 5.75 Å². The molecule has 0 bridgehead atoms. The second kappa shape index (κ2) is 5.40. The third kappa shape index (κ3) is 2.93. The molecule has 0 saturated carbocycles. The lowest BCUT2D eigenvalue weighted by molar-refractivity contribution is -0.274. The van der Waals surface area contributed by atoms with E-state index in [-0.39, 0.29) is 5.75 Å². The van der Waals surface area contributed by atoms with E-state index in [9.17, 15) is 13.2 Å². The molecule has 3 aromatic rings. The molecule has 0 aliphatic carbocycles. The first-order chi connectivity index (χ1) is 10.5. The first kappa shape index (κ1) is 14.5. The second-order valence-corrected chi connectivity index (χ2v) is 4.95. The van der Waals surface area contributed by atoms with Crippen LogP contribution in [-0.2, 0) is 6.54 Å². The van der Waals surface area contributed by atoms with E-state index in [0.717, 1.165) is 28.6 Å². The summed E-state index contributed by atoms with van der Waals surface area (Å²) < 4.78 is 42.5. The number of hydrogen-bond acceptors (Lipinski definition) is 1. The van der Waals surface area contributed by atoms with Gasteiger partial charge in [0.25, 0.3) is 0 Å². The maximum absolute atomic E-state index is 12.2. The quantitative estimate of drug-likeness (QED) is 0.646. The van der Waals surface area contributed by atoms with Gasteiger partial charge in [-0.25, -0.2) is 0 Å². The van der Waals surface area contributed by atoms with E-state index >= 15 is 0 Å². The fraction of sp³-hybridized carbons (Fsp3) is 0.176. The summed E-state index contributed by atoms with van der Waals surface area (Å²) in [5.74, 6) is -0.214. The zero-order chi connectivity index (χ0) is 15.7. The van der Waals surface area contributed by atoms with Crippen molar-refractivity contribution in [3.8, 4) is 16.9 Å². The Morgan fingerprint density at radius 1 is 0.955 bits per heavy atom. The summed E-state index contributed by atoms with van der Waals surface area (Å²) >= 11 is 0. The maximum Gasteiger partial charge on any atom is 0.573 e. The van der Waals surface area contributed by atoms with Gasteiger partial charge in [0, 0.05) is 18.3 Å². The molecule has 0 N–H and O–H groups in total. The van der Waals surface area contributed by atoms with Crippen LogP contribution in [-0.4, -0.2) is 10.9 Å². The van der Waals surface area contributed by atoms with Crippen molar-refractivity contribution < 1.29 is 17.9 Å². The molecule has 2 aromatic carbocycles. The van der Waals surface area contributed by atoms with Crippen molar-refractivity contribution in [1.82, 2.24) is 4.57 Å². The average Bonchev–Trinajstić information content (AvgIpc) is 2.88. The van der Waals surface area contributed by atoms with Crippen LogP contribution in [0.15, 0.2) is 54.7 Å². The molecule has 1 aromatic heterocycles. The number of aromatic nitrogens is 1. The molecular formula is C17H14F3NO. The number of halogens is 3. The molecule has 5 heteroatoms. The van der Waals surface area contributed by atoms with Crippen molar-refractivity contribution >= 4 is 10.9 Å². The largest absolute Gasteiger partial charge is 0.573 e. The lowest BCUT2D eigenvalue weighted by Gasteiger charge is -2.10. The Bertz CT molecular complexity index is 788. The van der Waals surface area contributed by atoms with Crippen LogP contribution >= 0.6 is 0 Å². The van der Waals surface area contributed by atoms with Crippen LogP contribution in [0.25, 0.3) is 22.0 Å². The standard InChI is InChI=1S/C17H14F3NO/c1-2-21-10-9-13-3-4-14(11-16(13)21)12-5-7-15(8-6-12)22-17(18,19)20/h3-11H,2H2,1H3. The van der Waals surface area contributed by atoms with Crippen LogP contribution in [0.2, 0.25) is 0 Å². The van der Waals surface area contributed by atoms with Gasteiger partial charge in [-0.05, 0) is 47.7 Å². The molecule has 3 rings (SSSR count). The summed E-state index contributed by atoms with van der Waals surface area (Å²) in [5.41, 5.74) is 2.91. The summed E-state index contributed by atoms with van der Waals surface area (Å²) in [7, 11) is 0. The average molecular weight is 305 g/mol. The molecule has 2 nitrogen and oxygen atoms in total. The van der Waals surface area contributed by atoms with Crippen molar-refractivity contribution in [3.05, 3.63) is 54.7 Å². The number of aryl methyl sites for hydroxylation is 1. The van der Waals surface area contributed by atoms with Crippen molar-refractivity contribution in [1.29, 1.82) is 0 Å². The van der Waals surface area contributed by atoms with Gasteiger partial charge in [-0.15, -0.1) is 13.2 Å². The molecular weight excluding hydrogens is 291 g/mol. The molecule has 0 radical (unpaired) electrons. The second-order valence-electron chi connectivity index (χ2n) is 4.95. The van der Waals surface area contributed by atoms with Gasteiger partial charge in [0.1, 0.15) is 5.75 Å². The Morgan fingerprint density at radius 3 is 2.27 bits per heavy atom. The van der Waals surface area contributed by atoms with Crippen molar-refractivity contribution in [2.75, 3.05) is 0 Å². The highest BCUT2D eigenvalue weighted by Gasteiger charge is 2.30. The monoisotopic (exact) mass is 305 g/mol. The molecule has 0 spiro atoms. The van der Waals surface area contributed by atoms with Crippen LogP contribution < -0.4 is 4.74 Å². The number of fused-ring (bicyclic) bond motifs is 1. The fourth-order valence-electron chi connectivity index (χ4n) is 2.49. The van der Waals surface area contributed by atoms with Gasteiger partial charge in [0.2, 0.25) is 0 Å². The zero-order valence-electron chi connectivity index (χ0n) is 11.9. The summed E-state index contributed by atoms with van der Waals surface area (Å²) in [5, 5.41) is 1.14. The summed E-state index contributed by atoms with van der Waals surface area (Å²) in [6.45, 7) is 2.93. The zero-order valence-corrected chi connectivity index (χ0v) is 11.9. The SMILES string of the molecule is CCn1ccc2ccc(-c3ccc(OC(F)(F)F)cc3)cc21. The lowest BCUT2D eigenvalue weighted by atomic mass is 10.0. The van der Waals surface area contributed by atoms with Gasteiger partial charge in [-0.3, -0.25) is 0 Å². The Morgan fingerprint density at radius 2 is 1.64 bits per heavy atom. The summed E-state index contributed by atoms with van der Waals surface area (Å²) in [6, 6.07) is 14.0. The maximum atomic E-state index is 12.2. The predicted molar refractivity (Wildman–Crippen MR) is 79.7 cm³/mol. The summed E-state index contributed by atoms with van der Waals surface area (Å²) in [4.78, 5) is 0. The van der Waals surface area contributed by atoms with Gasteiger partial charge in [-0.1, -0.05) is 24.3 Å². The predicted octanol–water partition coefficient (Wildman–Crippen LogP) is 5.23. The highest BCUT2D eigenvalue weighted by atomic mass is 19.4. The van der Waals surface area contributed by atoms with Gasteiger partial charge in [0.05, 0.1) is 0 Å². The number of nitrogens with zero attached hydrogens (tertiary/aromatic N) is 1. The normalized spacial score (nSPS) is 11.8. The molecule has 0 aliphatic heterocycles. The van der Waals surface area contributed by atoms with Crippen LogP contribution in [0.4, 0.5) is 13.2 Å². The number of rotatable bonds is 3. The molecule has 0 unspecified atom stereocenters. The minimum Gasteiger partial charge on any atom is -0.406 e. The molecule has 0 fully saturated rings.